The minimum atomic E-state index is -2.31. The first kappa shape index (κ1) is 22.8. The highest BCUT2D eigenvalue weighted by Gasteiger charge is 2.47. The van der Waals surface area contributed by atoms with Crippen LogP contribution in [0.5, 0.6) is 0 Å². The molecule has 0 N–H and O–H groups in total. The van der Waals surface area contributed by atoms with Gasteiger partial charge >= 0.3 is 0 Å². The SMILES string of the molecule is CCN(CC)[P@@]1(=Nc2cccc(C)c2C)/C(=C2\N(C)c3ccccc3C2(C)C)C=NN1C. The lowest BCUT2D eigenvalue weighted by Crippen LogP contribution is -2.30. The van der Waals surface area contributed by atoms with Crippen LogP contribution in [0, 0.1) is 13.8 Å². The summed E-state index contributed by atoms with van der Waals surface area (Å²) in [7, 11) is 1.97. The first-order valence-corrected chi connectivity index (χ1v) is 13.2. The van der Waals surface area contributed by atoms with E-state index in [0.29, 0.717) is 0 Å². The number of rotatable bonds is 4. The van der Waals surface area contributed by atoms with Gasteiger partial charge in [0.1, 0.15) is 0 Å². The molecule has 0 radical (unpaired) electrons. The maximum Gasteiger partial charge on any atom is 0.174 e. The number of fused-ring (bicyclic) bond motifs is 1. The average molecular weight is 450 g/mol. The van der Waals surface area contributed by atoms with Gasteiger partial charge in [0.05, 0.1) is 17.2 Å². The number of hydrazone groups is 1. The van der Waals surface area contributed by atoms with Crippen LogP contribution in [0.1, 0.15) is 44.4 Å². The van der Waals surface area contributed by atoms with Crippen LogP contribution in [0.4, 0.5) is 11.4 Å². The number of hydrogen-bond acceptors (Lipinski definition) is 3. The van der Waals surface area contributed by atoms with Crippen molar-refractivity contribution in [1.82, 2.24) is 9.45 Å². The van der Waals surface area contributed by atoms with Crippen LogP contribution >= 0.6 is 7.36 Å². The third-order valence-electron chi connectivity index (χ3n) is 7.13. The first-order valence-electron chi connectivity index (χ1n) is 11.5. The van der Waals surface area contributed by atoms with Crippen LogP contribution < -0.4 is 4.90 Å². The molecule has 0 spiro atoms. The van der Waals surface area contributed by atoms with E-state index in [2.05, 4.69) is 119 Å². The predicted molar refractivity (Wildman–Crippen MR) is 139 cm³/mol. The molecule has 0 aromatic heterocycles. The molecule has 0 saturated carbocycles. The monoisotopic (exact) mass is 449 g/mol. The van der Waals surface area contributed by atoms with Gasteiger partial charge < -0.3 is 4.90 Å². The van der Waals surface area contributed by atoms with Crippen molar-refractivity contribution in [2.45, 2.75) is 47.0 Å². The van der Waals surface area contributed by atoms with Gasteiger partial charge in [-0.25, -0.2) is 14.2 Å². The molecule has 0 fully saturated rings. The maximum absolute atomic E-state index is 5.62. The highest BCUT2D eigenvalue weighted by atomic mass is 31.2. The zero-order valence-electron chi connectivity index (χ0n) is 20.7. The van der Waals surface area contributed by atoms with Crippen molar-refractivity contribution in [2.75, 3.05) is 32.1 Å². The summed E-state index contributed by atoms with van der Waals surface area (Å²) >= 11 is 0. The zero-order valence-corrected chi connectivity index (χ0v) is 21.6. The van der Waals surface area contributed by atoms with E-state index in [-0.39, 0.29) is 5.41 Å². The van der Waals surface area contributed by atoms with Gasteiger partial charge in [0.15, 0.2) is 7.36 Å². The van der Waals surface area contributed by atoms with Gasteiger partial charge in [0, 0.05) is 44.0 Å². The lowest BCUT2D eigenvalue weighted by Gasteiger charge is -2.39. The van der Waals surface area contributed by atoms with Crippen LogP contribution in [-0.4, -0.2) is 42.8 Å². The predicted octanol–water partition coefficient (Wildman–Crippen LogP) is 6.88. The third kappa shape index (κ3) is 3.17. The van der Waals surface area contributed by atoms with Crippen LogP contribution in [0.3, 0.4) is 0 Å². The summed E-state index contributed by atoms with van der Waals surface area (Å²) < 4.78 is 10.3. The fourth-order valence-electron chi connectivity index (χ4n) is 5.23. The molecule has 2 aliphatic heterocycles. The van der Waals surface area contributed by atoms with Crippen molar-refractivity contribution in [2.24, 2.45) is 9.85 Å². The number of para-hydroxylation sites is 1. The Hall–Kier alpha value is -2.36. The van der Waals surface area contributed by atoms with Gasteiger partial charge in [-0.3, -0.25) is 0 Å². The van der Waals surface area contributed by atoms with E-state index < -0.39 is 7.36 Å². The molecular weight excluding hydrogens is 413 g/mol. The van der Waals surface area contributed by atoms with Crippen molar-refractivity contribution in [1.29, 1.82) is 0 Å². The molecule has 6 heteroatoms. The largest absolute Gasteiger partial charge is 0.346 e. The fourth-order valence-corrected chi connectivity index (χ4v) is 9.00. The normalized spacial score (nSPS) is 23.9. The molecule has 2 aliphatic rings. The Morgan fingerprint density at radius 2 is 1.69 bits per heavy atom. The smallest absolute Gasteiger partial charge is 0.174 e. The Labute approximate surface area is 193 Å². The molecule has 0 bridgehead atoms. The Balaban J connectivity index is 2.09. The highest BCUT2D eigenvalue weighted by Crippen LogP contribution is 2.69. The van der Waals surface area contributed by atoms with Gasteiger partial charge in [0.2, 0.25) is 0 Å². The summed E-state index contributed by atoms with van der Waals surface area (Å²) in [6, 6.07) is 15.2. The summed E-state index contributed by atoms with van der Waals surface area (Å²) in [6.07, 6.45) is 2.08. The van der Waals surface area contributed by atoms with Gasteiger partial charge in [-0.15, -0.1) is 0 Å². The van der Waals surface area contributed by atoms with Crippen molar-refractivity contribution in [3.8, 4) is 0 Å². The molecule has 0 saturated heterocycles. The summed E-state index contributed by atoms with van der Waals surface area (Å²) in [5.41, 5.74) is 7.38. The van der Waals surface area contributed by atoms with Gasteiger partial charge in [0.25, 0.3) is 0 Å². The second-order valence-corrected chi connectivity index (χ2v) is 12.2. The molecule has 4 rings (SSSR count). The Morgan fingerprint density at radius 1 is 1.00 bits per heavy atom. The lowest BCUT2D eigenvalue weighted by atomic mass is 9.84. The van der Waals surface area contributed by atoms with E-state index in [1.807, 2.05) is 0 Å². The fraction of sp³-hybridized carbons (Fsp3) is 0.423. The number of nitrogens with zero attached hydrogens (tertiary/aromatic N) is 5. The van der Waals surface area contributed by atoms with Gasteiger partial charge in [-0.1, -0.05) is 58.0 Å². The zero-order chi connectivity index (χ0) is 23.3. The molecule has 2 heterocycles. The number of benzene rings is 2. The number of likely N-dealkylation sites (N-methyl/N-ethyl adjacent to an activating group) is 1. The summed E-state index contributed by atoms with van der Waals surface area (Å²) in [5.74, 6) is 0. The summed E-state index contributed by atoms with van der Waals surface area (Å²) in [6.45, 7) is 15.3. The molecule has 0 amide bonds. The Morgan fingerprint density at radius 3 is 2.34 bits per heavy atom. The van der Waals surface area contributed by atoms with E-state index in [0.717, 1.165) is 18.8 Å². The van der Waals surface area contributed by atoms with Crippen molar-refractivity contribution in [3.63, 3.8) is 0 Å². The van der Waals surface area contributed by atoms with Crippen molar-refractivity contribution in [3.05, 3.63) is 70.2 Å². The van der Waals surface area contributed by atoms with Gasteiger partial charge in [-0.2, -0.15) is 5.10 Å². The molecule has 2 aromatic rings. The quantitative estimate of drug-likeness (QED) is 0.477. The van der Waals surface area contributed by atoms with Crippen molar-refractivity contribution >= 4 is 24.9 Å². The number of aryl methyl sites for hydroxylation is 1. The second kappa shape index (κ2) is 8.20. The first-order chi connectivity index (χ1) is 15.2. The highest BCUT2D eigenvalue weighted by molar-refractivity contribution is 7.67. The Bertz CT molecular complexity index is 1160. The van der Waals surface area contributed by atoms with E-state index in [9.17, 15) is 0 Å². The topological polar surface area (TPSA) is 34.4 Å². The van der Waals surface area contributed by atoms with Gasteiger partial charge in [-0.05, 0) is 42.7 Å². The lowest BCUT2D eigenvalue weighted by molar-refractivity contribution is 0.452. The van der Waals surface area contributed by atoms with Crippen LogP contribution in [0.2, 0.25) is 0 Å². The van der Waals surface area contributed by atoms with E-state index in [4.69, 9.17) is 9.85 Å². The molecule has 2 aromatic carbocycles. The molecule has 32 heavy (non-hydrogen) atoms. The minimum absolute atomic E-state index is 0.131. The van der Waals surface area contributed by atoms with E-state index in [1.54, 1.807) is 0 Å². The van der Waals surface area contributed by atoms with Crippen molar-refractivity contribution < 1.29 is 0 Å². The molecule has 0 unspecified atom stereocenters. The average Bonchev–Trinajstić information content (AvgIpc) is 3.18. The maximum atomic E-state index is 5.62. The van der Waals surface area contributed by atoms with E-state index >= 15 is 0 Å². The second-order valence-electron chi connectivity index (χ2n) is 9.20. The number of allylic oxidation sites excluding steroid dienone is 2. The Kier molecular flexibility index (Phi) is 5.85. The molecule has 1 atom stereocenters. The number of hydrogen-bond donors (Lipinski definition) is 0. The summed E-state index contributed by atoms with van der Waals surface area (Å²) in [4.78, 5) is 2.37. The number of anilines is 1. The minimum Gasteiger partial charge on any atom is -0.346 e. The molecule has 0 aliphatic carbocycles. The molecule has 170 valence electrons. The standard InChI is InChI=1S/C26H36N5P/c1-9-31(10-2)32(28-22-16-13-14-19(3)20(22)4)24(18-27-30(32)8)25-26(5,6)21-15-11-12-17-23(21)29(25)7/h11-18H,9-10H2,1-8H3/b25-24-/t32-/m1/s1. The molecular formula is C26H36N5P. The summed E-state index contributed by atoms with van der Waals surface area (Å²) in [5, 5.41) is 6.14. The molecule has 5 nitrogen and oxygen atoms in total. The third-order valence-corrected chi connectivity index (χ3v) is 10.9. The van der Waals surface area contributed by atoms with Crippen LogP contribution in [-0.2, 0) is 5.41 Å². The van der Waals surface area contributed by atoms with Crippen LogP contribution in [0.25, 0.3) is 0 Å². The van der Waals surface area contributed by atoms with Crippen LogP contribution in [0.15, 0.2) is 63.3 Å². The van der Waals surface area contributed by atoms with E-state index in [1.165, 1.54) is 33.4 Å².